The molecule has 0 radical (unpaired) electrons. The largest absolute Gasteiger partial charge is 0.493 e. The molecule has 0 saturated carbocycles. The van der Waals surface area contributed by atoms with Crippen molar-refractivity contribution >= 4 is 19.7 Å². The minimum absolute atomic E-state index is 0.125. The summed E-state index contributed by atoms with van der Waals surface area (Å²) in [6.45, 7) is 6.45. The third-order valence-corrected chi connectivity index (χ3v) is 4.04. The number of halogens is 1. The van der Waals surface area contributed by atoms with E-state index >= 15 is 0 Å². The summed E-state index contributed by atoms with van der Waals surface area (Å²) in [5.74, 6) is 0.759. The van der Waals surface area contributed by atoms with Crippen molar-refractivity contribution in [2.75, 3.05) is 6.61 Å². The molecule has 0 heterocycles. The Morgan fingerprint density at radius 1 is 1.17 bits per heavy atom. The highest BCUT2D eigenvalue weighted by atomic mass is 35.7. The van der Waals surface area contributed by atoms with Gasteiger partial charge in [-0.3, -0.25) is 0 Å². The third-order valence-electron chi connectivity index (χ3n) is 2.71. The summed E-state index contributed by atoms with van der Waals surface area (Å²) in [6, 6.07) is 3.09. The molecule has 0 fully saturated rings. The SMILES string of the molecule is CCCCCOc1c(C)cc(S(=O)(=O)Cl)cc1C. The zero-order valence-electron chi connectivity index (χ0n) is 11.0. The molecule has 0 amide bonds. The van der Waals surface area contributed by atoms with Crippen molar-refractivity contribution in [2.24, 2.45) is 0 Å². The van der Waals surface area contributed by atoms with Crippen LogP contribution in [0.1, 0.15) is 37.3 Å². The van der Waals surface area contributed by atoms with E-state index in [1.807, 2.05) is 13.8 Å². The molecule has 3 nitrogen and oxygen atoms in total. The minimum Gasteiger partial charge on any atom is -0.493 e. The maximum Gasteiger partial charge on any atom is 0.261 e. The van der Waals surface area contributed by atoms with Gasteiger partial charge in [0.15, 0.2) is 0 Å². The number of hydrogen-bond acceptors (Lipinski definition) is 3. The molecule has 0 bridgehead atoms. The van der Waals surface area contributed by atoms with Crippen LogP contribution in [0, 0.1) is 13.8 Å². The Labute approximate surface area is 114 Å². The Balaban J connectivity index is 2.88. The highest BCUT2D eigenvalue weighted by molar-refractivity contribution is 8.13. The Hall–Kier alpha value is -0.740. The van der Waals surface area contributed by atoms with E-state index in [-0.39, 0.29) is 4.90 Å². The Morgan fingerprint density at radius 2 is 1.72 bits per heavy atom. The van der Waals surface area contributed by atoms with Gasteiger partial charge in [-0.1, -0.05) is 19.8 Å². The van der Waals surface area contributed by atoms with Crippen molar-refractivity contribution in [2.45, 2.75) is 44.9 Å². The molecule has 5 heteroatoms. The molecule has 1 aromatic rings. The van der Waals surface area contributed by atoms with Gasteiger partial charge in [-0.15, -0.1) is 0 Å². The van der Waals surface area contributed by atoms with E-state index in [0.717, 1.165) is 36.1 Å². The zero-order chi connectivity index (χ0) is 13.8. The number of aryl methyl sites for hydroxylation is 2. The van der Waals surface area contributed by atoms with Crippen LogP contribution in [0.4, 0.5) is 0 Å². The fourth-order valence-corrected chi connectivity index (χ4v) is 2.71. The summed E-state index contributed by atoms with van der Waals surface area (Å²) >= 11 is 0. The molecule has 102 valence electrons. The maximum absolute atomic E-state index is 11.3. The molecule has 18 heavy (non-hydrogen) atoms. The molecule has 1 aromatic carbocycles. The van der Waals surface area contributed by atoms with Gasteiger partial charge in [-0.2, -0.15) is 0 Å². The highest BCUT2D eigenvalue weighted by Crippen LogP contribution is 2.28. The second-order valence-electron chi connectivity index (χ2n) is 4.38. The van der Waals surface area contributed by atoms with Crippen molar-refractivity contribution in [1.29, 1.82) is 0 Å². The van der Waals surface area contributed by atoms with E-state index in [1.165, 1.54) is 0 Å². The van der Waals surface area contributed by atoms with Crippen LogP contribution in [0.2, 0.25) is 0 Å². The summed E-state index contributed by atoms with van der Waals surface area (Å²) in [4.78, 5) is 0.125. The lowest BCUT2D eigenvalue weighted by atomic mass is 10.1. The summed E-state index contributed by atoms with van der Waals surface area (Å²) in [5.41, 5.74) is 1.59. The average Bonchev–Trinajstić information content (AvgIpc) is 2.25. The molecule has 0 atom stereocenters. The van der Waals surface area contributed by atoms with Crippen LogP contribution in [-0.2, 0) is 9.05 Å². The van der Waals surface area contributed by atoms with E-state index in [2.05, 4.69) is 6.92 Å². The maximum atomic E-state index is 11.3. The second kappa shape index (κ2) is 6.43. The molecule has 0 spiro atoms. The van der Waals surface area contributed by atoms with Crippen molar-refractivity contribution in [3.05, 3.63) is 23.3 Å². The van der Waals surface area contributed by atoms with Crippen LogP contribution in [0.3, 0.4) is 0 Å². The number of unbranched alkanes of at least 4 members (excludes halogenated alkanes) is 2. The van der Waals surface area contributed by atoms with Crippen LogP contribution in [0.25, 0.3) is 0 Å². The molecule has 0 aliphatic carbocycles. The Bertz CT molecular complexity index is 486. The average molecular weight is 291 g/mol. The summed E-state index contributed by atoms with van der Waals surface area (Å²) < 4.78 is 28.2. The molecule has 0 unspecified atom stereocenters. The van der Waals surface area contributed by atoms with Gasteiger partial charge in [0.1, 0.15) is 5.75 Å². The summed E-state index contributed by atoms with van der Waals surface area (Å²) in [5, 5.41) is 0. The first-order valence-corrected chi connectivity index (χ1v) is 8.36. The predicted octanol–water partition coefficient (Wildman–Crippen LogP) is 3.80. The second-order valence-corrected chi connectivity index (χ2v) is 6.95. The molecule has 0 aromatic heterocycles. The van der Waals surface area contributed by atoms with Crippen LogP contribution in [0.5, 0.6) is 5.75 Å². The van der Waals surface area contributed by atoms with Gasteiger partial charge in [0.05, 0.1) is 11.5 Å². The number of rotatable bonds is 6. The van der Waals surface area contributed by atoms with Crippen molar-refractivity contribution in [1.82, 2.24) is 0 Å². The van der Waals surface area contributed by atoms with Gasteiger partial charge in [0, 0.05) is 10.7 Å². The molecule has 1 rings (SSSR count). The molecular weight excluding hydrogens is 272 g/mol. The molecule has 0 aliphatic rings. The molecule has 0 N–H and O–H groups in total. The van der Waals surface area contributed by atoms with Crippen LogP contribution >= 0.6 is 10.7 Å². The Kier molecular flexibility index (Phi) is 5.47. The summed E-state index contributed by atoms with van der Waals surface area (Å²) in [7, 11) is 1.65. The van der Waals surface area contributed by atoms with Crippen molar-refractivity contribution in [3.63, 3.8) is 0 Å². The molecule has 0 saturated heterocycles. The minimum atomic E-state index is -3.68. The monoisotopic (exact) mass is 290 g/mol. The third kappa shape index (κ3) is 4.18. The zero-order valence-corrected chi connectivity index (χ0v) is 12.6. The first-order valence-electron chi connectivity index (χ1n) is 6.05. The highest BCUT2D eigenvalue weighted by Gasteiger charge is 2.14. The summed E-state index contributed by atoms with van der Waals surface area (Å²) in [6.07, 6.45) is 3.28. The molecule has 0 aliphatic heterocycles. The lowest BCUT2D eigenvalue weighted by Crippen LogP contribution is -2.02. The quantitative estimate of drug-likeness (QED) is 0.591. The van der Waals surface area contributed by atoms with Gasteiger partial charge in [-0.05, 0) is 43.5 Å². The van der Waals surface area contributed by atoms with Crippen LogP contribution in [-0.4, -0.2) is 15.0 Å². The number of benzene rings is 1. The van der Waals surface area contributed by atoms with Gasteiger partial charge in [-0.25, -0.2) is 8.42 Å². The lowest BCUT2D eigenvalue weighted by Gasteiger charge is -2.13. The molecular formula is C13H19ClO3S. The van der Waals surface area contributed by atoms with Gasteiger partial charge >= 0.3 is 0 Å². The number of ether oxygens (including phenoxy) is 1. The van der Waals surface area contributed by atoms with Gasteiger partial charge in [0.25, 0.3) is 9.05 Å². The standard InChI is InChI=1S/C13H19ClO3S/c1-4-5-6-7-17-13-10(2)8-12(9-11(13)3)18(14,15)16/h8-9H,4-7H2,1-3H3. The van der Waals surface area contributed by atoms with E-state index in [4.69, 9.17) is 15.4 Å². The van der Waals surface area contributed by atoms with Crippen LogP contribution in [0.15, 0.2) is 17.0 Å². The first kappa shape index (κ1) is 15.3. The van der Waals surface area contributed by atoms with E-state index < -0.39 is 9.05 Å². The topological polar surface area (TPSA) is 43.4 Å². The van der Waals surface area contributed by atoms with Gasteiger partial charge < -0.3 is 4.74 Å². The van der Waals surface area contributed by atoms with E-state index in [0.29, 0.717) is 6.61 Å². The van der Waals surface area contributed by atoms with Crippen molar-refractivity contribution < 1.29 is 13.2 Å². The van der Waals surface area contributed by atoms with E-state index in [9.17, 15) is 8.42 Å². The van der Waals surface area contributed by atoms with Gasteiger partial charge in [0.2, 0.25) is 0 Å². The number of hydrogen-bond donors (Lipinski definition) is 0. The lowest BCUT2D eigenvalue weighted by molar-refractivity contribution is 0.302. The Morgan fingerprint density at radius 3 is 2.17 bits per heavy atom. The van der Waals surface area contributed by atoms with Crippen molar-refractivity contribution in [3.8, 4) is 5.75 Å². The first-order chi connectivity index (χ1) is 8.36. The van der Waals surface area contributed by atoms with Crippen LogP contribution < -0.4 is 4.74 Å². The fraction of sp³-hybridized carbons (Fsp3) is 0.538. The predicted molar refractivity (Wildman–Crippen MR) is 74.0 cm³/mol. The van der Waals surface area contributed by atoms with E-state index in [1.54, 1.807) is 12.1 Å². The fourth-order valence-electron chi connectivity index (χ4n) is 1.81. The normalized spacial score (nSPS) is 11.6. The smallest absolute Gasteiger partial charge is 0.261 e.